The van der Waals surface area contributed by atoms with Crippen molar-refractivity contribution in [3.05, 3.63) is 112 Å². The molecule has 2 aromatic carbocycles. The molecule has 4 aromatic rings. The van der Waals surface area contributed by atoms with Crippen molar-refractivity contribution < 1.29 is 22.8 Å². The van der Waals surface area contributed by atoms with Crippen LogP contribution in [0.4, 0.5) is 11.4 Å². The summed E-state index contributed by atoms with van der Waals surface area (Å²) in [5.74, 6) is -1.20. The fraction of sp³-hybridized carbons (Fsp3) is 0.273. The molecule has 0 fully saturated rings. The third-order valence-electron chi connectivity index (χ3n) is 7.36. The second kappa shape index (κ2) is 15.6. The summed E-state index contributed by atoms with van der Waals surface area (Å²) >= 11 is 1.53. The van der Waals surface area contributed by atoms with Crippen LogP contribution in [-0.4, -0.2) is 63.1 Å². The zero-order valence-electron chi connectivity index (χ0n) is 26.1. The molecule has 2 aromatic heterocycles. The average molecular weight is 663 g/mol. The monoisotopic (exact) mass is 662 g/mol. The Morgan fingerprint density at radius 2 is 1.57 bits per heavy atom. The quantitative estimate of drug-likeness (QED) is 0.160. The van der Waals surface area contributed by atoms with E-state index >= 15 is 0 Å². The van der Waals surface area contributed by atoms with Crippen LogP contribution >= 0.6 is 11.3 Å². The SMILES string of the molecule is C[C@H](NC[C@H](Cc1ccsc1)NC(=O)c1cc(C(=O)N[C@H](C)c2ccccc2)cc(N(C)S(C)(=O)=O)c1)C(=O)Nc1ccncc1. The first-order valence-corrected chi connectivity index (χ1v) is 17.4. The number of pyridine rings is 1. The van der Waals surface area contributed by atoms with E-state index in [-0.39, 0.29) is 35.3 Å². The third-order valence-corrected chi connectivity index (χ3v) is 9.30. The van der Waals surface area contributed by atoms with Crippen molar-refractivity contribution in [2.75, 3.05) is 29.5 Å². The van der Waals surface area contributed by atoms with Crippen molar-refractivity contribution in [1.29, 1.82) is 0 Å². The van der Waals surface area contributed by atoms with E-state index in [1.807, 2.05) is 54.1 Å². The van der Waals surface area contributed by atoms with Crippen LogP contribution in [0.25, 0.3) is 0 Å². The molecule has 0 saturated carbocycles. The number of carbonyl (C=O) groups excluding carboxylic acids is 3. The van der Waals surface area contributed by atoms with Gasteiger partial charge in [0.15, 0.2) is 0 Å². The van der Waals surface area contributed by atoms with E-state index in [4.69, 9.17) is 0 Å². The first-order chi connectivity index (χ1) is 21.9. The molecule has 4 N–H and O–H groups in total. The van der Waals surface area contributed by atoms with Gasteiger partial charge in [-0.1, -0.05) is 30.3 Å². The van der Waals surface area contributed by atoms with Gasteiger partial charge in [-0.15, -0.1) is 0 Å². The smallest absolute Gasteiger partial charge is 0.251 e. The third kappa shape index (κ3) is 9.70. The molecule has 0 aliphatic rings. The van der Waals surface area contributed by atoms with Crippen molar-refractivity contribution in [2.45, 2.75) is 38.4 Å². The Morgan fingerprint density at radius 1 is 0.913 bits per heavy atom. The fourth-order valence-electron chi connectivity index (χ4n) is 4.59. The molecule has 0 spiro atoms. The van der Waals surface area contributed by atoms with Crippen LogP contribution in [0.1, 0.15) is 51.7 Å². The molecule has 0 radical (unpaired) electrons. The van der Waals surface area contributed by atoms with Gasteiger partial charge >= 0.3 is 0 Å². The number of hydrogen-bond acceptors (Lipinski definition) is 8. The predicted molar refractivity (Wildman–Crippen MR) is 182 cm³/mol. The molecule has 3 amide bonds. The van der Waals surface area contributed by atoms with Crippen LogP contribution in [-0.2, 0) is 21.2 Å². The normalized spacial score (nSPS) is 13.2. The second-order valence-electron chi connectivity index (χ2n) is 11.0. The number of aromatic nitrogens is 1. The highest BCUT2D eigenvalue weighted by Crippen LogP contribution is 2.22. The molecule has 242 valence electrons. The Kier molecular flexibility index (Phi) is 11.6. The van der Waals surface area contributed by atoms with Gasteiger partial charge in [0.2, 0.25) is 15.9 Å². The number of amides is 3. The number of nitrogens with zero attached hydrogens (tertiary/aromatic N) is 2. The molecule has 3 atom stereocenters. The number of carbonyl (C=O) groups is 3. The zero-order chi connectivity index (χ0) is 33.3. The van der Waals surface area contributed by atoms with E-state index in [1.54, 1.807) is 31.5 Å². The Balaban J connectivity index is 1.54. The van der Waals surface area contributed by atoms with E-state index in [0.717, 1.165) is 21.7 Å². The largest absolute Gasteiger partial charge is 0.348 e. The first-order valence-electron chi connectivity index (χ1n) is 14.6. The minimum Gasteiger partial charge on any atom is -0.348 e. The van der Waals surface area contributed by atoms with Gasteiger partial charge < -0.3 is 21.3 Å². The Morgan fingerprint density at radius 3 is 2.17 bits per heavy atom. The number of thiophene rings is 1. The molecule has 11 nitrogen and oxygen atoms in total. The minimum atomic E-state index is -3.69. The van der Waals surface area contributed by atoms with E-state index in [2.05, 4.69) is 26.3 Å². The lowest BCUT2D eigenvalue weighted by Gasteiger charge is -2.23. The highest BCUT2D eigenvalue weighted by atomic mass is 32.2. The summed E-state index contributed by atoms with van der Waals surface area (Å²) < 4.78 is 25.8. The van der Waals surface area contributed by atoms with Gasteiger partial charge in [-0.2, -0.15) is 11.3 Å². The molecular weight excluding hydrogens is 625 g/mol. The molecule has 0 bridgehead atoms. The van der Waals surface area contributed by atoms with Gasteiger partial charge in [0.1, 0.15) is 0 Å². The van der Waals surface area contributed by atoms with Gasteiger partial charge in [-0.25, -0.2) is 8.42 Å². The number of rotatable bonds is 14. The molecule has 0 unspecified atom stereocenters. The summed E-state index contributed by atoms with van der Waals surface area (Å²) in [7, 11) is -2.33. The van der Waals surface area contributed by atoms with Crippen molar-refractivity contribution >= 4 is 50.5 Å². The molecular formula is C33H38N6O5S2. The Bertz CT molecular complexity index is 1730. The van der Waals surface area contributed by atoms with Crippen LogP contribution in [0, 0.1) is 0 Å². The van der Waals surface area contributed by atoms with E-state index in [1.165, 1.54) is 36.6 Å². The molecule has 4 rings (SSSR count). The summed E-state index contributed by atoms with van der Waals surface area (Å²) in [6.45, 7) is 3.83. The average Bonchev–Trinajstić information content (AvgIpc) is 3.56. The van der Waals surface area contributed by atoms with Crippen LogP contribution in [0.5, 0.6) is 0 Å². The predicted octanol–water partition coefficient (Wildman–Crippen LogP) is 3.99. The Hall–Kier alpha value is -4.59. The molecule has 13 heteroatoms. The topological polar surface area (TPSA) is 150 Å². The number of sulfonamides is 1. The molecule has 0 saturated heterocycles. The van der Waals surface area contributed by atoms with Crippen molar-refractivity contribution in [2.24, 2.45) is 0 Å². The van der Waals surface area contributed by atoms with Gasteiger partial charge in [0.25, 0.3) is 11.8 Å². The Labute approximate surface area is 273 Å². The standard InChI is InChI=1S/C33H38N6O5S2/c1-22(25-8-6-5-7-9-25)36-32(41)26-17-27(19-30(18-26)39(3)46(4,43)44)33(42)38-29(16-24-12-15-45-21-24)20-35-23(2)31(40)37-28-10-13-34-14-11-28/h5-15,17-19,21-23,29,35H,16,20H2,1-4H3,(H,36,41)(H,38,42)(H,34,37,40)/t22-,23+,29+/m1/s1. The second-order valence-corrected chi connectivity index (χ2v) is 13.8. The lowest BCUT2D eigenvalue weighted by Crippen LogP contribution is -2.48. The first kappa shape index (κ1) is 34.3. The fourth-order valence-corrected chi connectivity index (χ4v) is 5.76. The maximum Gasteiger partial charge on any atom is 0.251 e. The van der Waals surface area contributed by atoms with E-state index in [0.29, 0.717) is 12.1 Å². The summed E-state index contributed by atoms with van der Waals surface area (Å²) in [5.41, 5.74) is 2.94. The maximum atomic E-state index is 13.7. The van der Waals surface area contributed by atoms with Crippen molar-refractivity contribution in [3.63, 3.8) is 0 Å². The maximum absolute atomic E-state index is 13.7. The summed E-state index contributed by atoms with van der Waals surface area (Å²) in [6.07, 6.45) is 4.70. The molecule has 0 aliphatic heterocycles. The van der Waals surface area contributed by atoms with Crippen LogP contribution in [0.2, 0.25) is 0 Å². The van der Waals surface area contributed by atoms with Gasteiger partial charge in [0, 0.05) is 48.8 Å². The van der Waals surface area contributed by atoms with Gasteiger partial charge in [-0.05, 0) is 78.6 Å². The highest BCUT2D eigenvalue weighted by molar-refractivity contribution is 7.92. The lowest BCUT2D eigenvalue weighted by atomic mass is 10.0. The van der Waals surface area contributed by atoms with E-state index in [9.17, 15) is 22.8 Å². The van der Waals surface area contributed by atoms with Crippen LogP contribution in [0.15, 0.2) is 89.9 Å². The molecule has 2 heterocycles. The summed E-state index contributed by atoms with van der Waals surface area (Å²) in [5, 5.41) is 15.9. The minimum absolute atomic E-state index is 0.115. The molecule has 46 heavy (non-hydrogen) atoms. The van der Waals surface area contributed by atoms with E-state index < -0.39 is 33.9 Å². The van der Waals surface area contributed by atoms with Crippen LogP contribution < -0.4 is 25.6 Å². The van der Waals surface area contributed by atoms with Crippen molar-refractivity contribution in [1.82, 2.24) is 20.9 Å². The van der Waals surface area contributed by atoms with Gasteiger partial charge in [-0.3, -0.25) is 23.7 Å². The van der Waals surface area contributed by atoms with Crippen molar-refractivity contribution in [3.8, 4) is 0 Å². The molecule has 0 aliphatic carbocycles. The summed E-state index contributed by atoms with van der Waals surface area (Å²) in [4.78, 5) is 43.8. The van der Waals surface area contributed by atoms with Crippen LogP contribution in [0.3, 0.4) is 0 Å². The number of hydrogen-bond donors (Lipinski definition) is 4. The lowest BCUT2D eigenvalue weighted by molar-refractivity contribution is -0.117. The number of benzene rings is 2. The number of nitrogens with one attached hydrogen (secondary N) is 4. The zero-order valence-corrected chi connectivity index (χ0v) is 27.7. The number of anilines is 2. The highest BCUT2D eigenvalue weighted by Gasteiger charge is 2.23. The van der Waals surface area contributed by atoms with Gasteiger partial charge in [0.05, 0.1) is 24.0 Å². The summed E-state index contributed by atoms with van der Waals surface area (Å²) in [6, 6.07) is 17.7.